The van der Waals surface area contributed by atoms with E-state index in [0.29, 0.717) is 21.5 Å². The molecule has 1 aliphatic rings. The predicted molar refractivity (Wildman–Crippen MR) is 117 cm³/mol. The molecule has 32 heavy (non-hydrogen) atoms. The number of alkyl halides is 1. The van der Waals surface area contributed by atoms with Gasteiger partial charge in [-0.2, -0.15) is 0 Å². The first kappa shape index (κ1) is 22.3. The summed E-state index contributed by atoms with van der Waals surface area (Å²) in [5, 5.41) is 9.71. The Morgan fingerprint density at radius 1 is 1.22 bits per heavy atom. The van der Waals surface area contributed by atoms with Crippen LogP contribution in [0.15, 0.2) is 53.4 Å². The Hall–Kier alpha value is -2.91. The summed E-state index contributed by atoms with van der Waals surface area (Å²) in [7, 11) is -3.57. The van der Waals surface area contributed by atoms with Gasteiger partial charge in [-0.25, -0.2) is 22.2 Å². The SMILES string of the molecule is CNC(=O)C(F)(C1CCc2c(n(C(=O)O)c3ccc(Cl)cc23)C1)S(=O)(=O)c1ccccc1. The van der Waals surface area contributed by atoms with Gasteiger partial charge in [-0.15, -0.1) is 0 Å². The number of nitrogens with zero attached hydrogens (tertiary/aromatic N) is 1. The Balaban J connectivity index is 1.89. The highest BCUT2D eigenvalue weighted by Gasteiger charge is 2.58. The summed E-state index contributed by atoms with van der Waals surface area (Å²) < 4.78 is 44.2. The van der Waals surface area contributed by atoms with Crippen LogP contribution in [0, 0.1) is 5.92 Å². The van der Waals surface area contributed by atoms with Gasteiger partial charge >= 0.3 is 6.09 Å². The van der Waals surface area contributed by atoms with E-state index in [2.05, 4.69) is 5.32 Å². The van der Waals surface area contributed by atoms with Crippen molar-refractivity contribution in [1.82, 2.24) is 9.88 Å². The topological polar surface area (TPSA) is 105 Å². The monoisotopic (exact) mass is 478 g/mol. The van der Waals surface area contributed by atoms with Crippen molar-refractivity contribution >= 4 is 44.3 Å². The van der Waals surface area contributed by atoms with Crippen LogP contribution in [0.5, 0.6) is 0 Å². The van der Waals surface area contributed by atoms with Crippen LogP contribution in [0.25, 0.3) is 10.9 Å². The highest BCUT2D eigenvalue weighted by molar-refractivity contribution is 7.93. The summed E-state index contributed by atoms with van der Waals surface area (Å²) in [5.74, 6) is -2.58. The van der Waals surface area contributed by atoms with Gasteiger partial charge < -0.3 is 10.4 Å². The molecular formula is C22H20ClFN2O5S. The summed E-state index contributed by atoms with van der Waals surface area (Å²) >= 11 is 6.09. The molecule has 2 aromatic carbocycles. The van der Waals surface area contributed by atoms with Crippen molar-refractivity contribution in [3.63, 3.8) is 0 Å². The number of hydrogen-bond donors (Lipinski definition) is 2. The van der Waals surface area contributed by atoms with E-state index in [-0.39, 0.29) is 29.9 Å². The van der Waals surface area contributed by atoms with Gasteiger partial charge in [0, 0.05) is 29.1 Å². The van der Waals surface area contributed by atoms with Crippen LogP contribution in [-0.2, 0) is 27.5 Å². The fraction of sp³-hybridized carbons (Fsp3) is 0.273. The first-order valence-corrected chi connectivity index (χ1v) is 11.7. The lowest BCUT2D eigenvalue weighted by Crippen LogP contribution is -2.54. The molecule has 0 saturated carbocycles. The second kappa shape index (κ2) is 7.90. The highest BCUT2D eigenvalue weighted by Crippen LogP contribution is 2.44. The number of halogens is 2. The first-order chi connectivity index (χ1) is 15.1. The zero-order valence-electron chi connectivity index (χ0n) is 17.0. The molecule has 0 radical (unpaired) electrons. The maximum Gasteiger partial charge on any atom is 0.416 e. The van der Waals surface area contributed by atoms with Crippen LogP contribution in [0.3, 0.4) is 0 Å². The average molecular weight is 479 g/mol. The van der Waals surface area contributed by atoms with Crippen LogP contribution in [-0.4, -0.2) is 42.1 Å². The number of sulfone groups is 1. The van der Waals surface area contributed by atoms with Gasteiger partial charge in [-0.1, -0.05) is 29.8 Å². The fourth-order valence-corrected chi connectivity index (χ4v) is 6.55. The van der Waals surface area contributed by atoms with E-state index < -0.39 is 32.8 Å². The van der Waals surface area contributed by atoms with Crippen molar-refractivity contribution in [3.05, 3.63) is 64.8 Å². The van der Waals surface area contributed by atoms with Gasteiger partial charge in [0.25, 0.3) is 10.9 Å². The third-order valence-electron chi connectivity index (χ3n) is 6.02. The van der Waals surface area contributed by atoms with E-state index >= 15 is 4.39 Å². The van der Waals surface area contributed by atoms with Crippen LogP contribution in [0.2, 0.25) is 5.02 Å². The molecule has 0 aliphatic heterocycles. The number of aryl methyl sites for hydroxylation is 1. The van der Waals surface area contributed by atoms with Gasteiger partial charge in [-0.3, -0.25) is 4.79 Å². The van der Waals surface area contributed by atoms with Crippen molar-refractivity contribution in [1.29, 1.82) is 0 Å². The molecule has 1 heterocycles. The minimum atomic E-state index is -4.74. The number of hydrogen-bond acceptors (Lipinski definition) is 4. The molecule has 0 fully saturated rings. The Labute approximate surface area is 188 Å². The molecule has 3 aromatic rings. The number of amides is 1. The number of nitrogens with one attached hydrogen (secondary N) is 1. The number of carbonyl (C=O) groups is 2. The van der Waals surface area contributed by atoms with Gasteiger partial charge in [0.15, 0.2) is 0 Å². The molecule has 4 rings (SSSR count). The Morgan fingerprint density at radius 2 is 1.91 bits per heavy atom. The minimum absolute atomic E-state index is 0.0359. The largest absolute Gasteiger partial charge is 0.464 e. The molecule has 2 unspecified atom stereocenters. The van der Waals surface area contributed by atoms with Gasteiger partial charge in [0.05, 0.1) is 10.4 Å². The minimum Gasteiger partial charge on any atom is -0.464 e. The lowest BCUT2D eigenvalue weighted by atomic mass is 9.83. The third-order valence-corrected chi connectivity index (χ3v) is 8.45. The Morgan fingerprint density at radius 3 is 2.53 bits per heavy atom. The van der Waals surface area contributed by atoms with E-state index in [1.54, 1.807) is 24.3 Å². The lowest BCUT2D eigenvalue weighted by Gasteiger charge is -2.34. The standard InChI is InChI=1S/C22H20ClFN2O5S/c1-25-20(27)22(24,32(30,31)15-5-3-2-4-6-15)13-7-9-16-17-12-14(23)8-10-18(17)26(21(28)29)19(16)11-13/h2-6,8,10,12-13H,7,9,11H2,1H3,(H,25,27)(H,28,29). The molecule has 2 atom stereocenters. The zero-order valence-corrected chi connectivity index (χ0v) is 18.6. The lowest BCUT2D eigenvalue weighted by molar-refractivity contribution is -0.130. The number of rotatable bonds is 4. The van der Waals surface area contributed by atoms with Crippen LogP contribution >= 0.6 is 11.6 Å². The quantitative estimate of drug-likeness (QED) is 0.593. The molecule has 1 amide bonds. The normalized spacial score (nSPS) is 18.0. The summed E-state index contributed by atoms with van der Waals surface area (Å²) in [6.07, 6.45) is -1.29. The second-order valence-electron chi connectivity index (χ2n) is 7.69. The van der Waals surface area contributed by atoms with E-state index in [1.165, 1.54) is 31.3 Å². The molecule has 7 nitrogen and oxygen atoms in total. The van der Waals surface area contributed by atoms with Gasteiger partial charge in [0.2, 0.25) is 9.84 Å². The van der Waals surface area contributed by atoms with Crippen LogP contribution < -0.4 is 5.32 Å². The fourth-order valence-electron chi connectivity index (χ4n) is 4.53. The predicted octanol–water partition coefficient (Wildman–Crippen LogP) is 3.81. The maximum atomic E-state index is 16.5. The highest BCUT2D eigenvalue weighted by atomic mass is 35.5. The molecule has 10 heteroatoms. The van der Waals surface area contributed by atoms with E-state index in [0.717, 1.165) is 4.57 Å². The third kappa shape index (κ3) is 3.18. The molecule has 0 bridgehead atoms. The van der Waals surface area contributed by atoms with Gasteiger partial charge in [-0.05, 0) is 55.2 Å². The molecular weight excluding hydrogens is 459 g/mol. The van der Waals surface area contributed by atoms with Crippen molar-refractivity contribution in [2.75, 3.05) is 7.05 Å². The van der Waals surface area contributed by atoms with Crippen LogP contribution in [0.4, 0.5) is 9.18 Å². The number of carboxylic acid groups (broad SMARTS) is 1. The first-order valence-electron chi connectivity index (χ1n) is 9.88. The zero-order chi connectivity index (χ0) is 23.3. The number of benzene rings is 2. The number of fused-ring (bicyclic) bond motifs is 3. The molecule has 0 spiro atoms. The average Bonchev–Trinajstić information content (AvgIpc) is 3.11. The molecule has 1 aliphatic carbocycles. The smallest absolute Gasteiger partial charge is 0.416 e. The summed E-state index contributed by atoms with van der Waals surface area (Å²) in [5.41, 5.74) is 1.31. The van der Waals surface area contributed by atoms with Crippen molar-refractivity contribution < 1.29 is 27.5 Å². The number of carbonyl (C=O) groups excluding carboxylic acids is 1. The van der Waals surface area contributed by atoms with Gasteiger partial charge in [0.1, 0.15) is 0 Å². The van der Waals surface area contributed by atoms with E-state index in [1.807, 2.05) is 0 Å². The van der Waals surface area contributed by atoms with Crippen molar-refractivity contribution in [2.24, 2.45) is 5.92 Å². The van der Waals surface area contributed by atoms with E-state index in [4.69, 9.17) is 11.6 Å². The summed E-state index contributed by atoms with van der Waals surface area (Å²) in [4.78, 5) is 24.4. The summed E-state index contributed by atoms with van der Waals surface area (Å²) in [6, 6.07) is 11.7. The summed E-state index contributed by atoms with van der Waals surface area (Å²) in [6.45, 7) is 0. The molecule has 1 aromatic heterocycles. The molecule has 0 saturated heterocycles. The molecule has 168 valence electrons. The Bertz CT molecular complexity index is 1340. The molecule has 2 N–H and O–H groups in total. The van der Waals surface area contributed by atoms with Crippen LogP contribution in [0.1, 0.15) is 17.7 Å². The van der Waals surface area contributed by atoms with Crippen molar-refractivity contribution in [2.45, 2.75) is 29.2 Å². The number of aromatic nitrogens is 1. The Kier molecular flexibility index (Phi) is 5.50. The second-order valence-corrected chi connectivity index (χ2v) is 10.2. The van der Waals surface area contributed by atoms with E-state index in [9.17, 15) is 23.1 Å². The van der Waals surface area contributed by atoms with Crippen molar-refractivity contribution in [3.8, 4) is 0 Å². The maximum absolute atomic E-state index is 16.5.